The molecule has 0 bridgehead atoms. The Labute approximate surface area is 223 Å². The predicted molar refractivity (Wildman–Crippen MR) is 146 cm³/mol. The zero-order valence-corrected chi connectivity index (χ0v) is 24.0. The summed E-state index contributed by atoms with van der Waals surface area (Å²) < 4.78 is 0. The lowest BCUT2D eigenvalue weighted by atomic mass is 9.37. The fourth-order valence-corrected chi connectivity index (χ4v) is 9.57. The Hall–Kier alpha value is -1.71. The Kier molecular flexibility index (Phi) is 7.04. The van der Waals surface area contributed by atoms with Gasteiger partial charge in [0, 0.05) is 16.7 Å². The van der Waals surface area contributed by atoms with E-state index < -0.39 is 17.9 Å². The van der Waals surface area contributed by atoms with Crippen LogP contribution in [-0.4, -0.2) is 28.7 Å². The van der Waals surface area contributed by atoms with E-state index in [1.807, 2.05) is 26.0 Å². The molecule has 0 unspecified atom stereocenters. The summed E-state index contributed by atoms with van der Waals surface area (Å²) in [4.78, 5) is 27.3. The number of nitriles is 1. The van der Waals surface area contributed by atoms with E-state index in [4.69, 9.17) is 0 Å². The molecule has 0 aliphatic heterocycles. The lowest BCUT2D eigenvalue weighted by molar-refractivity contribution is -0.146. The Bertz CT molecular complexity index is 1080. The summed E-state index contributed by atoms with van der Waals surface area (Å²) in [6.45, 7) is 15.3. The highest BCUT2D eigenvalue weighted by Crippen LogP contribution is 2.71. The third kappa shape index (κ3) is 4.29. The van der Waals surface area contributed by atoms with Crippen LogP contribution in [0.2, 0.25) is 6.32 Å². The Morgan fingerprint density at radius 2 is 1.78 bits per heavy atom. The first kappa shape index (κ1) is 28.3. The lowest BCUT2D eigenvalue weighted by Gasteiger charge is -2.66. The van der Waals surface area contributed by atoms with E-state index in [1.54, 1.807) is 0 Å². The van der Waals surface area contributed by atoms with Gasteiger partial charge < -0.3 is 10.0 Å². The molecule has 6 atom stereocenters. The van der Waals surface area contributed by atoms with Crippen molar-refractivity contribution in [1.29, 1.82) is 5.26 Å². The number of allylic oxidation sites excluding steroid dienone is 4. The summed E-state index contributed by atoms with van der Waals surface area (Å²) >= 11 is 0. The molecule has 0 radical (unpaired) electrons. The number of hydrogen-bond donors (Lipinski definition) is 2. The zero-order valence-electron chi connectivity index (χ0n) is 24.0. The molecule has 0 aromatic carbocycles. The van der Waals surface area contributed by atoms with Gasteiger partial charge in [-0.3, -0.25) is 9.59 Å². The van der Waals surface area contributed by atoms with Crippen LogP contribution in [0.5, 0.6) is 0 Å². The van der Waals surface area contributed by atoms with Crippen molar-refractivity contribution in [2.45, 2.75) is 106 Å². The van der Waals surface area contributed by atoms with Crippen molar-refractivity contribution in [3.63, 3.8) is 0 Å². The van der Waals surface area contributed by atoms with Gasteiger partial charge in [0.15, 0.2) is 11.6 Å². The van der Waals surface area contributed by atoms with Crippen molar-refractivity contribution in [2.75, 3.05) is 0 Å². The predicted octanol–water partition coefficient (Wildman–Crippen LogP) is 6.07. The number of ketones is 2. The summed E-state index contributed by atoms with van der Waals surface area (Å²) in [5.41, 5.74) is -0.0711. The van der Waals surface area contributed by atoms with Crippen LogP contribution < -0.4 is 0 Å². The van der Waals surface area contributed by atoms with Crippen LogP contribution >= 0.6 is 0 Å². The van der Waals surface area contributed by atoms with Crippen LogP contribution in [0.1, 0.15) is 99.8 Å². The zero-order chi connectivity index (χ0) is 27.6. The summed E-state index contributed by atoms with van der Waals surface area (Å²) in [5.74, 6) is 0.494. The molecule has 4 aliphatic carbocycles. The molecule has 0 heterocycles. The second kappa shape index (κ2) is 9.20. The van der Waals surface area contributed by atoms with Gasteiger partial charge in [-0.1, -0.05) is 73.0 Å². The van der Waals surface area contributed by atoms with Gasteiger partial charge in [-0.15, -0.1) is 0 Å². The van der Waals surface area contributed by atoms with Gasteiger partial charge in [0.25, 0.3) is 0 Å². The fraction of sp³-hybridized carbons (Fsp3) is 0.774. The third-order valence-electron chi connectivity index (χ3n) is 11.5. The highest BCUT2D eigenvalue weighted by atomic mass is 16.4. The fourth-order valence-electron chi connectivity index (χ4n) is 9.57. The van der Waals surface area contributed by atoms with Crippen LogP contribution in [0.25, 0.3) is 0 Å². The Morgan fingerprint density at radius 1 is 1.11 bits per heavy atom. The minimum absolute atomic E-state index is 0.0187. The average molecular weight is 508 g/mol. The molecule has 2 N–H and O–H groups in total. The number of Topliss-reactive ketones (excluding diaryl/α,β-unsaturated/α-hetero) is 1. The second-order valence-corrected chi connectivity index (χ2v) is 14.7. The number of fused-ring (bicyclic) bond motifs is 5. The first-order chi connectivity index (χ1) is 17.0. The molecule has 6 heteroatoms. The van der Waals surface area contributed by atoms with Gasteiger partial charge in [0.1, 0.15) is 6.07 Å². The van der Waals surface area contributed by atoms with Crippen molar-refractivity contribution < 1.29 is 19.6 Å². The van der Waals surface area contributed by atoms with Gasteiger partial charge in [-0.2, -0.15) is 5.26 Å². The van der Waals surface area contributed by atoms with Crippen molar-refractivity contribution in [2.24, 2.45) is 44.8 Å². The SMILES string of the molecule is CC(C)(CCCB(O)O)C[C@@H]1CCC[C@]2(C)[C@@H]1C(=O)C=C1[C@@]3(C)C=C(C#N)C(=O)C(C)(C)[C@@H]3CC[C@]12C. The molecular formula is C31H46BNO4. The van der Waals surface area contributed by atoms with Gasteiger partial charge in [0.2, 0.25) is 0 Å². The number of rotatable bonds is 6. The van der Waals surface area contributed by atoms with E-state index in [0.717, 1.165) is 56.9 Å². The standard InChI is InChI=1S/C31H46BNO4/c1-27(2,12-9-15-32(36)37)17-20-10-8-13-31(7)25(20)22(34)16-24-29(5)18-21(19-33)26(35)28(3,4)23(29)11-14-30(24,31)6/h16,18,20,23,25,36-37H,8-15,17H2,1-7H3/t20-,23-,25-,29-,30+,31+/m0/s1. The monoisotopic (exact) mass is 507 g/mol. The number of nitrogens with zero attached hydrogens (tertiary/aromatic N) is 1. The van der Waals surface area contributed by atoms with Crippen LogP contribution in [0.4, 0.5) is 0 Å². The molecular weight excluding hydrogens is 461 g/mol. The maximum atomic E-state index is 14.1. The number of carbonyl (C=O) groups is 2. The molecule has 2 fully saturated rings. The van der Waals surface area contributed by atoms with Crippen molar-refractivity contribution in [3.05, 3.63) is 23.3 Å². The molecule has 4 aliphatic rings. The smallest absolute Gasteiger partial charge is 0.427 e. The minimum atomic E-state index is -1.26. The maximum Gasteiger partial charge on any atom is 0.451 e. The second-order valence-electron chi connectivity index (χ2n) is 14.7. The summed E-state index contributed by atoms with van der Waals surface area (Å²) in [6, 6.07) is 2.18. The van der Waals surface area contributed by atoms with E-state index in [-0.39, 0.29) is 45.2 Å². The van der Waals surface area contributed by atoms with Crippen molar-refractivity contribution in [1.82, 2.24) is 0 Å². The van der Waals surface area contributed by atoms with E-state index in [0.29, 0.717) is 12.2 Å². The molecule has 0 saturated heterocycles. The molecule has 0 spiro atoms. The van der Waals surface area contributed by atoms with Gasteiger partial charge in [0.05, 0.1) is 5.57 Å². The minimum Gasteiger partial charge on any atom is -0.427 e. The highest BCUT2D eigenvalue weighted by molar-refractivity contribution is 6.40. The van der Waals surface area contributed by atoms with E-state index >= 15 is 0 Å². The Morgan fingerprint density at radius 3 is 2.41 bits per heavy atom. The molecule has 4 rings (SSSR count). The first-order valence-corrected chi connectivity index (χ1v) is 14.3. The van der Waals surface area contributed by atoms with E-state index in [2.05, 4.69) is 40.7 Å². The largest absolute Gasteiger partial charge is 0.451 e. The number of hydrogen-bond acceptors (Lipinski definition) is 5. The highest BCUT2D eigenvalue weighted by Gasteiger charge is 2.66. The molecule has 0 amide bonds. The third-order valence-corrected chi connectivity index (χ3v) is 11.5. The molecule has 0 aromatic heterocycles. The lowest BCUT2D eigenvalue weighted by Crippen LogP contribution is -2.62. The van der Waals surface area contributed by atoms with Crippen molar-refractivity contribution >= 4 is 18.7 Å². The van der Waals surface area contributed by atoms with Gasteiger partial charge >= 0.3 is 7.12 Å². The van der Waals surface area contributed by atoms with Crippen molar-refractivity contribution in [3.8, 4) is 6.07 Å². The molecule has 5 nitrogen and oxygen atoms in total. The van der Waals surface area contributed by atoms with E-state index in [1.165, 1.54) is 0 Å². The quantitative estimate of drug-likeness (QED) is 0.425. The molecule has 0 aromatic rings. The van der Waals surface area contributed by atoms with Crippen LogP contribution in [-0.2, 0) is 9.59 Å². The maximum absolute atomic E-state index is 14.1. The van der Waals surface area contributed by atoms with Crippen LogP contribution in [0.15, 0.2) is 23.3 Å². The van der Waals surface area contributed by atoms with E-state index in [9.17, 15) is 24.9 Å². The number of carbonyl (C=O) groups excluding carboxylic acids is 2. The molecule has 37 heavy (non-hydrogen) atoms. The molecule has 202 valence electrons. The first-order valence-electron chi connectivity index (χ1n) is 14.3. The van der Waals surface area contributed by atoms with Gasteiger partial charge in [-0.05, 0) is 79.0 Å². The van der Waals surface area contributed by atoms with Gasteiger partial charge in [-0.25, -0.2) is 0 Å². The van der Waals surface area contributed by atoms with Crippen LogP contribution in [0.3, 0.4) is 0 Å². The molecule has 2 saturated carbocycles. The van der Waals surface area contributed by atoms with Crippen LogP contribution in [0, 0.1) is 56.2 Å². The average Bonchev–Trinajstić information content (AvgIpc) is 2.77. The normalized spacial score (nSPS) is 39.0. The summed E-state index contributed by atoms with van der Waals surface area (Å²) in [7, 11) is -1.26. The topological polar surface area (TPSA) is 98.4 Å². The summed E-state index contributed by atoms with van der Waals surface area (Å²) in [5, 5.41) is 28.4. The Balaban J connectivity index is 1.74. The summed E-state index contributed by atoms with van der Waals surface area (Å²) in [6.07, 6.45) is 11.9.